The predicted molar refractivity (Wildman–Crippen MR) is 99.0 cm³/mol. The number of hydrogen-bond acceptors (Lipinski definition) is 1. The van der Waals surface area contributed by atoms with E-state index in [-0.39, 0.29) is 5.41 Å². The topological polar surface area (TPSA) is 12.9 Å². The van der Waals surface area contributed by atoms with E-state index in [4.69, 9.17) is 0 Å². The van der Waals surface area contributed by atoms with Gasteiger partial charge in [0.05, 0.1) is 0 Å². The van der Waals surface area contributed by atoms with Crippen LogP contribution in [0, 0.1) is 0 Å². The Hall–Kier alpha value is 0.290. The number of benzene rings is 1. The van der Waals surface area contributed by atoms with Gasteiger partial charge in [0.2, 0.25) is 0 Å². The molecule has 1 heterocycles. The Morgan fingerprint density at radius 1 is 0.850 bits per heavy atom. The van der Waals surface area contributed by atoms with Gasteiger partial charge in [0.1, 0.15) is 0 Å². The maximum absolute atomic E-state index is 4.50. The Kier molecular flexibility index (Phi) is 6.26. The molecule has 1 nitrogen and oxygen atoms in total. The van der Waals surface area contributed by atoms with Crippen LogP contribution in [0.1, 0.15) is 11.3 Å². The van der Waals surface area contributed by atoms with Crippen LogP contribution < -0.4 is 0 Å². The zero-order valence-electron chi connectivity index (χ0n) is 10.6. The Morgan fingerprint density at radius 2 is 1.45 bits per heavy atom. The van der Waals surface area contributed by atoms with Gasteiger partial charge in [-0.2, -0.15) is 0 Å². The fourth-order valence-electron chi connectivity index (χ4n) is 2.05. The average molecular weight is 527 g/mol. The number of hydrogen-bond donors (Lipinski definition) is 0. The van der Waals surface area contributed by atoms with E-state index in [9.17, 15) is 0 Å². The van der Waals surface area contributed by atoms with Gasteiger partial charge in [-0.05, 0) is 45.8 Å². The number of aromatic nitrogens is 1. The van der Waals surface area contributed by atoms with Crippen LogP contribution in [-0.2, 0) is 11.8 Å². The van der Waals surface area contributed by atoms with Crippen molar-refractivity contribution in [1.29, 1.82) is 0 Å². The summed E-state index contributed by atoms with van der Waals surface area (Å²) >= 11 is 14.3. The second-order valence-electron chi connectivity index (χ2n) is 4.70. The van der Waals surface area contributed by atoms with Crippen molar-refractivity contribution < 1.29 is 0 Å². The molecule has 1 aromatic carbocycles. The van der Waals surface area contributed by atoms with E-state index >= 15 is 0 Å². The molecular weight excluding hydrogens is 514 g/mol. The van der Waals surface area contributed by atoms with Gasteiger partial charge < -0.3 is 0 Å². The smallest absolute Gasteiger partial charge is 0.0413 e. The van der Waals surface area contributed by atoms with Gasteiger partial charge in [-0.3, -0.25) is 4.98 Å². The monoisotopic (exact) mass is 523 g/mol. The predicted octanol–water partition coefficient (Wildman–Crippen LogP) is 5.88. The highest BCUT2D eigenvalue weighted by atomic mass is 79.9. The average Bonchev–Trinajstić information content (AvgIpc) is 2.48. The molecule has 1 aromatic heterocycles. The van der Waals surface area contributed by atoms with E-state index in [0.717, 1.165) is 31.7 Å². The Labute approximate surface area is 153 Å². The number of alkyl halides is 2. The summed E-state index contributed by atoms with van der Waals surface area (Å²) < 4.78 is 2.11. The fourth-order valence-corrected chi connectivity index (χ4v) is 4.52. The highest BCUT2D eigenvalue weighted by Gasteiger charge is 2.31. The third-order valence-corrected chi connectivity index (χ3v) is 6.42. The maximum Gasteiger partial charge on any atom is 0.0413 e. The first-order chi connectivity index (χ1) is 9.59. The van der Waals surface area contributed by atoms with Crippen molar-refractivity contribution in [3.8, 4) is 0 Å². The summed E-state index contributed by atoms with van der Waals surface area (Å²) in [6.07, 6.45) is 2.74. The summed E-state index contributed by atoms with van der Waals surface area (Å²) in [5.41, 5.74) is 2.40. The molecular formula is C15H13Br4N. The van der Waals surface area contributed by atoms with Crippen LogP contribution in [0.3, 0.4) is 0 Å². The Balaban J connectivity index is 2.33. The van der Waals surface area contributed by atoms with Crippen LogP contribution in [0.15, 0.2) is 51.5 Å². The first kappa shape index (κ1) is 16.7. The lowest BCUT2D eigenvalue weighted by atomic mass is 9.80. The van der Waals surface area contributed by atoms with E-state index in [2.05, 4.69) is 99.0 Å². The number of halogens is 4. The van der Waals surface area contributed by atoms with Crippen molar-refractivity contribution in [1.82, 2.24) is 4.98 Å². The van der Waals surface area contributed by atoms with Gasteiger partial charge in [0.15, 0.2) is 0 Å². The molecule has 0 fully saturated rings. The minimum Gasteiger partial charge on any atom is -0.260 e. The fraction of sp³-hybridized carbons (Fsp3) is 0.267. The molecule has 0 bridgehead atoms. The van der Waals surface area contributed by atoms with Crippen LogP contribution >= 0.6 is 63.7 Å². The van der Waals surface area contributed by atoms with Crippen molar-refractivity contribution >= 4 is 63.7 Å². The van der Waals surface area contributed by atoms with E-state index < -0.39 is 0 Å². The maximum atomic E-state index is 4.50. The molecule has 0 N–H and O–H groups in total. The van der Waals surface area contributed by atoms with Gasteiger partial charge in [0, 0.05) is 43.3 Å². The molecule has 0 saturated heterocycles. The third-order valence-electron chi connectivity index (χ3n) is 3.28. The normalized spacial score (nSPS) is 11.6. The highest BCUT2D eigenvalue weighted by molar-refractivity contribution is 9.11. The number of pyridine rings is 1. The van der Waals surface area contributed by atoms with Crippen LogP contribution in [0.2, 0.25) is 0 Å². The lowest BCUT2D eigenvalue weighted by molar-refractivity contribution is 0.543. The van der Waals surface area contributed by atoms with Crippen molar-refractivity contribution in [2.75, 3.05) is 10.7 Å². The second kappa shape index (κ2) is 7.52. The number of rotatable bonds is 5. The van der Waals surface area contributed by atoms with Gasteiger partial charge in [0.25, 0.3) is 0 Å². The van der Waals surface area contributed by atoms with E-state index in [0.29, 0.717) is 0 Å². The zero-order chi connectivity index (χ0) is 14.6. The molecule has 2 rings (SSSR count). The van der Waals surface area contributed by atoms with Crippen LogP contribution in [-0.4, -0.2) is 15.6 Å². The van der Waals surface area contributed by atoms with Crippen LogP contribution in [0.5, 0.6) is 0 Å². The van der Waals surface area contributed by atoms with Crippen LogP contribution in [0.4, 0.5) is 0 Å². The molecule has 0 unspecified atom stereocenters. The SMILES string of the molecule is BrCC(CBr)(Cc1ccc(Br)cn1)c1ccc(Br)cc1. The van der Waals surface area contributed by atoms with Crippen molar-refractivity contribution in [2.24, 2.45) is 0 Å². The first-order valence-corrected chi connectivity index (χ1v) is 9.91. The highest BCUT2D eigenvalue weighted by Crippen LogP contribution is 2.33. The molecule has 0 spiro atoms. The van der Waals surface area contributed by atoms with E-state index in [1.54, 1.807) is 0 Å². The molecule has 0 atom stereocenters. The molecule has 20 heavy (non-hydrogen) atoms. The second-order valence-corrected chi connectivity index (χ2v) is 7.65. The summed E-state index contributed by atoms with van der Waals surface area (Å²) in [7, 11) is 0. The van der Waals surface area contributed by atoms with E-state index in [1.807, 2.05) is 12.3 Å². The summed E-state index contributed by atoms with van der Waals surface area (Å²) in [5, 5.41) is 1.76. The van der Waals surface area contributed by atoms with Gasteiger partial charge in [-0.15, -0.1) is 0 Å². The quantitative estimate of drug-likeness (QED) is 0.444. The molecule has 2 aromatic rings. The van der Waals surface area contributed by atoms with Gasteiger partial charge >= 0.3 is 0 Å². The minimum atomic E-state index is 0.00152. The van der Waals surface area contributed by atoms with Crippen molar-refractivity contribution in [3.05, 3.63) is 62.8 Å². The lowest BCUT2D eigenvalue weighted by Gasteiger charge is -2.30. The first-order valence-electron chi connectivity index (χ1n) is 6.08. The molecule has 0 saturated carbocycles. The zero-order valence-corrected chi connectivity index (χ0v) is 17.0. The summed E-state index contributed by atoms with van der Waals surface area (Å²) in [6, 6.07) is 12.6. The summed E-state index contributed by atoms with van der Waals surface area (Å²) in [5.74, 6) is 0. The molecule has 0 amide bonds. The minimum absolute atomic E-state index is 0.00152. The standard InChI is InChI=1S/C15H13Br4N/c16-9-15(10-17,11-1-3-12(18)4-2-11)7-14-6-5-13(19)8-20-14/h1-6,8H,7,9-10H2. The molecule has 106 valence electrons. The lowest BCUT2D eigenvalue weighted by Crippen LogP contribution is -2.33. The molecule has 0 aliphatic heterocycles. The van der Waals surface area contributed by atoms with E-state index in [1.165, 1.54) is 5.56 Å². The molecule has 0 radical (unpaired) electrons. The molecule has 0 aliphatic carbocycles. The Bertz CT molecular complexity index is 547. The van der Waals surface area contributed by atoms with Gasteiger partial charge in [-0.1, -0.05) is 59.9 Å². The largest absolute Gasteiger partial charge is 0.260 e. The summed E-state index contributed by atoms with van der Waals surface area (Å²) in [4.78, 5) is 4.50. The van der Waals surface area contributed by atoms with Crippen molar-refractivity contribution in [2.45, 2.75) is 11.8 Å². The Morgan fingerprint density at radius 3 is 1.95 bits per heavy atom. The summed E-state index contributed by atoms with van der Waals surface area (Å²) in [6.45, 7) is 0. The van der Waals surface area contributed by atoms with Gasteiger partial charge in [-0.25, -0.2) is 0 Å². The number of nitrogens with zero attached hydrogens (tertiary/aromatic N) is 1. The molecule has 5 heteroatoms. The third kappa shape index (κ3) is 3.93. The van der Waals surface area contributed by atoms with Crippen molar-refractivity contribution in [3.63, 3.8) is 0 Å². The molecule has 0 aliphatic rings. The van der Waals surface area contributed by atoms with Crippen LogP contribution in [0.25, 0.3) is 0 Å².